The van der Waals surface area contributed by atoms with E-state index in [-0.39, 0.29) is 0 Å². The average molecular weight is 138 g/mol. The number of hydrogen-bond donors (Lipinski definition) is 0. The van der Waals surface area contributed by atoms with Crippen LogP contribution in [0.3, 0.4) is 0 Å². The van der Waals surface area contributed by atoms with E-state index in [1.165, 1.54) is 12.7 Å². The van der Waals surface area contributed by atoms with Crippen LogP contribution in [0.2, 0.25) is 0 Å². The third kappa shape index (κ3) is 5.22. The monoisotopic (exact) mass is 138 g/mol. The Morgan fingerprint density at radius 1 is 1.40 bits per heavy atom. The lowest BCUT2D eigenvalue weighted by Crippen LogP contribution is -1.77. The van der Waals surface area contributed by atoms with E-state index in [1.807, 2.05) is 13.0 Å². The summed E-state index contributed by atoms with van der Waals surface area (Å²) in [6, 6.07) is 1.86. The van der Waals surface area contributed by atoms with Crippen molar-refractivity contribution in [3.63, 3.8) is 0 Å². The second-order valence-corrected chi connectivity index (χ2v) is 2.06. The molecule has 0 spiro atoms. The largest absolute Gasteiger partial charge is 0.245 e. The van der Waals surface area contributed by atoms with Crippen LogP contribution in [-0.2, 0) is 0 Å². The van der Waals surface area contributed by atoms with Gasteiger partial charge in [-0.3, -0.25) is 0 Å². The van der Waals surface area contributed by atoms with Crippen LogP contribution < -0.4 is 0 Å². The third-order valence-electron chi connectivity index (χ3n) is 0.730. The summed E-state index contributed by atoms with van der Waals surface area (Å²) in [6.07, 6.45) is 4.51. The van der Waals surface area contributed by atoms with E-state index in [2.05, 4.69) is 23.8 Å². The van der Waals surface area contributed by atoms with E-state index in [0.29, 0.717) is 0 Å². The fraction of sp³-hybridized carbons (Fsp3) is 0.500. The highest BCUT2D eigenvalue weighted by Gasteiger charge is 1.74. The molecule has 56 valence electrons. The summed E-state index contributed by atoms with van der Waals surface area (Å²) in [6.45, 7) is 6.18. The van der Waals surface area contributed by atoms with Gasteiger partial charge in [-0.05, 0) is 13.0 Å². The first-order valence-corrected chi connectivity index (χ1v) is 3.53. The SMILES string of the molecule is CCC.Cc1ccncn1. The van der Waals surface area contributed by atoms with E-state index in [4.69, 9.17) is 0 Å². The van der Waals surface area contributed by atoms with Crippen molar-refractivity contribution >= 4 is 0 Å². The summed E-state index contributed by atoms with van der Waals surface area (Å²) >= 11 is 0. The highest BCUT2D eigenvalue weighted by atomic mass is 14.8. The molecule has 0 N–H and O–H groups in total. The van der Waals surface area contributed by atoms with Crippen LogP contribution in [0.15, 0.2) is 18.6 Å². The molecule has 0 bridgehead atoms. The van der Waals surface area contributed by atoms with Crippen molar-refractivity contribution in [2.45, 2.75) is 27.2 Å². The second-order valence-electron chi connectivity index (χ2n) is 2.06. The molecule has 2 heteroatoms. The quantitative estimate of drug-likeness (QED) is 0.549. The Morgan fingerprint density at radius 3 is 2.20 bits per heavy atom. The maximum Gasteiger partial charge on any atom is 0.115 e. The normalized spacial score (nSPS) is 7.90. The zero-order chi connectivity index (χ0) is 7.82. The summed E-state index contributed by atoms with van der Waals surface area (Å²) in [4.78, 5) is 7.60. The molecule has 0 aliphatic rings. The second kappa shape index (κ2) is 6.20. The minimum atomic E-state index is 1.01. The molecule has 0 radical (unpaired) electrons. The molecule has 1 rings (SSSR count). The molecule has 0 aliphatic heterocycles. The predicted octanol–water partition coefficient (Wildman–Crippen LogP) is 2.20. The van der Waals surface area contributed by atoms with Crippen molar-refractivity contribution in [2.24, 2.45) is 0 Å². The third-order valence-corrected chi connectivity index (χ3v) is 0.730. The van der Waals surface area contributed by atoms with Crippen LogP contribution in [0, 0.1) is 6.92 Å². The number of rotatable bonds is 0. The van der Waals surface area contributed by atoms with Gasteiger partial charge >= 0.3 is 0 Å². The maximum absolute atomic E-state index is 3.87. The van der Waals surface area contributed by atoms with Gasteiger partial charge in [0.1, 0.15) is 6.33 Å². The smallest absolute Gasteiger partial charge is 0.115 e. The molecule has 0 amide bonds. The molecule has 0 saturated carbocycles. The van der Waals surface area contributed by atoms with Crippen molar-refractivity contribution in [3.05, 3.63) is 24.3 Å². The van der Waals surface area contributed by atoms with Crippen LogP contribution in [0.5, 0.6) is 0 Å². The Kier molecular flexibility index (Phi) is 5.63. The van der Waals surface area contributed by atoms with Crippen LogP contribution in [0.4, 0.5) is 0 Å². The number of hydrogen-bond acceptors (Lipinski definition) is 2. The molecule has 1 aromatic heterocycles. The van der Waals surface area contributed by atoms with Gasteiger partial charge in [-0.2, -0.15) is 0 Å². The lowest BCUT2D eigenvalue weighted by atomic mass is 10.5. The van der Waals surface area contributed by atoms with Gasteiger partial charge in [-0.15, -0.1) is 0 Å². The lowest BCUT2D eigenvalue weighted by Gasteiger charge is -1.81. The van der Waals surface area contributed by atoms with Gasteiger partial charge in [0, 0.05) is 11.9 Å². The highest BCUT2D eigenvalue weighted by molar-refractivity contribution is 4.92. The standard InChI is InChI=1S/C5H6N2.C3H8/c1-5-2-3-6-4-7-5;1-3-2/h2-4H,1H3;3H2,1-2H3. The van der Waals surface area contributed by atoms with Gasteiger partial charge in [0.15, 0.2) is 0 Å². The lowest BCUT2D eigenvalue weighted by molar-refractivity contribution is 1.09. The molecular formula is C8H14N2. The summed E-state index contributed by atoms with van der Waals surface area (Å²) in [5.41, 5.74) is 1.01. The summed E-state index contributed by atoms with van der Waals surface area (Å²) in [5, 5.41) is 0. The van der Waals surface area contributed by atoms with Crippen LogP contribution in [-0.4, -0.2) is 9.97 Å². The molecule has 0 saturated heterocycles. The Balaban J connectivity index is 0.000000236. The molecule has 1 aromatic rings. The minimum Gasteiger partial charge on any atom is -0.245 e. The van der Waals surface area contributed by atoms with E-state index in [0.717, 1.165) is 5.69 Å². The van der Waals surface area contributed by atoms with Crippen molar-refractivity contribution in [3.8, 4) is 0 Å². The van der Waals surface area contributed by atoms with Crippen molar-refractivity contribution < 1.29 is 0 Å². The van der Waals surface area contributed by atoms with Crippen molar-refractivity contribution in [2.75, 3.05) is 0 Å². The molecule has 2 nitrogen and oxygen atoms in total. The van der Waals surface area contributed by atoms with Gasteiger partial charge in [-0.25, -0.2) is 9.97 Å². The van der Waals surface area contributed by atoms with Crippen LogP contribution in [0.25, 0.3) is 0 Å². The predicted molar refractivity (Wildman–Crippen MR) is 42.7 cm³/mol. The maximum atomic E-state index is 3.87. The van der Waals surface area contributed by atoms with Crippen molar-refractivity contribution in [1.29, 1.82) is 0 Å². The summed E-state index contributed by atoms with van der Waals surface area (Å²) in [7, 11) is 0. The van der Waals surface area contributed by atoms with E-state index >= 15 is 0 Å². The van der Waals surface area contributed by atoms with Gasteiger partial charge in [0.2, 0.25) is 0 Å². The molecule has 0 unspecified atom stereocenters. The topological polar surface area (TPSA) is 25.8 Å². The van der Waals surface area contributed by atoms with E-state index in [9.17, 15) is 0 Å². The van der Waals surface area contributed by atoms with Crippen LogP contribution in [0.1, 0.15) is 26.0 Å². The molecular weight excluding hydrogens is 124 g/mol. The number of aromatic nitrogens is 2. The van der Waals surface area contributed by atoms with Gasteiger partial charge in [0.05, 0.1) is 0 Å². The molecule has 1 heterocycles. The Labute approximate surface area is 62.3 Å². The first kappa shape index (κ1) is 9.08. The van der Waals surface area contributed by atoms with Crippen molar-refractivity contribution in [1.82, 2.24) is 9.97 Å². The number of aryl methyl sites for hydroxylation is 1. The first-order chi connectivity index (χ1) is 4.81. The summed E-state index contributed by atoms with van der Waals surface area (Å²) in [5.74, 6) is 0. The van der Waals surface area contributed by atoms with Gasteiger partial charge in [0.25, 0.3) is 0 Å². The molecule has 0 fully saturated rings. The number of nitrogens with zero attached hydrogens (tertiary/aromatic N) is 2. The Hall–Kier alpha value is -0.920. The van der Waals surface area contributed by atoms with E-state index < -0.39 is 0 Å². The van der Waals surface area contributed by atoms with E-state index in [1.54, 1.807) is 6.20 Å². The van der Waals surface area contributed by atoms with Crippen LogP contribution >= 0.6 is 0 Å². The zero-order valence-corrected chi connectivity index (χ0v) is 6.83. The Morgan fingerprint density at radius 2 is 2.00 bits per heavy atom. The molecule has 0 aromatic carbocycles. The average Bonchev–Trinajstić information content (AvgIpc) is 1.91. The fourth-order valence-corrected chi connectivity index (χ4v) is 0.357. The summed E-state index contributed by atoms with van der Waals surface area (Å²) < 4.78 is 0. The molecule has 0 atom stereocenters. The molecule has 10 heavy (non-hydrogen) atoms. The molecule has 0 aliphatic carbocycles. The highest BCUT2D eigenvalue weighted by Crippen LogP contribution is 1.82. The Bertz CT molecular complexity index is 149. The fourth-order valence-electron chi connectivity index (χ4n) is 0.357. The first-order valence-electron chi connectivity index (χ1n) is 3.53. The zero-order valence-electron chi connectivity index (χ0n) is 6.83. The van der Waals surface area contributed by atoms with Gasteiger partial charge in [-0.1, -0.05) is 20.3 Å². The van der Waals surface area contributed by atoms with Gasteiger partial charge < -0.3 is 0 Å². The minimum absolute atomic E-state index is 1.01.